The molecular weight excluding hydrogens is 217 g/mol. The Kier molecular flexibility index (Phi) is 3.83. The molecule has 2 N–H and O–H groups in total. The van der Waals surface area contributed by atoms with Crippen LogP contribution in [0.5, 0.6) is 0 Å². The van der Waals surface area contributed by atoms with Crippen LogP contribution in [0, 0.1) is 12.3 Å². The Morgan fingerprint density at radius 1 is 2.00 bits per heavy atom. The minimum atomic E-state index is -0.472. The number of carbonyl (C=O) groups excluding carboxylic acids is 1. The Morgan fingerprint density at radius 3 is 2.62 bits per heavy atom. The molecular formula is C5H6INO. The molecule has 0 rings (SSSR count). The molecule has 1 atom stereocenters. The zero-order chi connectivity index (χ0) is 6.57. The van der Waals surface area contributed by atoms with Crippen molar-refractivity contribution in [2.75, 3.05) is 0 Å². The Balaban J connectivity index is 3.52. The van der Waals surface area contributed by atoms with E-state index in [0.29, 0.717) is 6.42 Å². The summed E-state index contributed by atoms with van der Waals surface area (Å²) in [5, 5.41) is 0. The molecule has 0 spiro atoms. The van der Waals surface area contributed by atoms with Crippen molar-refractivity contribution in [1.82, 2.24) is 0 Å². The lowest BCUT2D eigenvalue weighted by Crippen LogP contribution is -2.25. The van der Waals surface area contributed by atoms with Crippen molar-refractivity contribution < 1.29 is 4.79 Å². The maximum Gasteiger partial charge on any atom is 0.209 e. The van der Waals surface area contributed by atoms with E-state index in [1.807, 2.05) is 0 Å². The van der Waals surface area contributed by atoms with Gasteiger partial charge in [0.25, 0.3) is 0 Å². The van der Waals surface area contributed by atoms with E-state index in [1.54, 1.807) is 22.6 Å². The summed E-state index contributed by atoms with van der Waals surface area (Å²) in [6.07, 6.45) is 5.22. The second-order valence-electron chi connectivity index (χ2n) is 1.32. The lowest BCUT2D eigenvalue weighted by atomic mass is 10.3. The van der Waals surface area contributed by atoms with Gasteiger partial charge in [0.1, 0.15) is 0 Å². The van der Waals surface area contributed by atoms with Crippen molar-refractivity contribution in [2.24, 2.45) is 5.73 Å². The van der Waals surface area contributed by atoms with Crippen LogP contribution in [0.2, 0.25) is 0 Å². The molecule has 0 aliphatic carbocycles. The maximum absolute atomic E-state index is 10.3. The average molecular weight is 223 g/mol. The molecule has 44 valence electrons. The molecule has 0 fully saturated rings. The summed E-state index contributed by atoms with van der Waals surface area (Å²) in [7, 11) is 0. The molecule has 0 aromatic heterocycles. The molecule has 3 heteroatoms. The van der Waals surface area contributed by atoms with Crippen LogP contribution in [-0.4, -0.2) is 9.83 Å². The van der Waals surface area contributed by atoms with Gasteiger partial charge in [0.2, 0.25) is 3.79 Å². The van der Waals surface area contributed by atoms with Gasteiger partial charge in [0.15, 0.2) is 0 Å². The Hall–Kier alpha value is -0.0800. The van der Waals surface area contributed by atoms with Crippen LogP contribution >= 0.6 is 22.6 Å². The molecule has 0 aliphatic rings. The normalized spacial score (nSPS) is 12.1. The number of carbonyl (C=O) groups is 1. The van der Waals surface area contributed by atoms with Crippen molar-refractivity contribution in [1.29, 1.82) is 0 Å². The van der Waals surface area contributed by atoms with Gasteiger partial charge < -0.3 is 5.73 Å². The second kappa shape index (κ2) is 3.87. The molecule has 0 radical (unpaired) electrons. The summed E-state index contributed by atoms with van der Waals surface area (Å²) in [4.78, 5) is 10.3. The van der Waals surface area contributed by atoms with Crippen LogP contribution in [0.1, 0.15) is 6.42 Å². The summed E-state index contributed by atoms with van der Waals surface area (Å²) in [6, 6.07) is -0.472. The van der Waals surface area contributed by atoms with Crippen LogP contribution < -0.4 is 5.73 Å². The first-order valence-corrected chi connectivity index (χ1v) is 3.14. The highest BCUT2D eigenvalue weighted by Gasteiger charge is 2.05. The zero-order valence-electron chi connectivity index (χ0n) is 4.23. The van der Waals surface area contributed by atoms with Crippen LogP contribution in [0.3, 0.4) is 0 Å². The van der Waals surface area contributed by atoms with Gasteiger partial charge in [-0.15, -0.1) is 12.3 Å². The monoisotopic (exact) mass is 223 g/mol. The van der Waals surface area contributed by atoms with Gasteiger partial charge in [-0.2, -0.15) is 0 Å². The third kappa shape index (κ3) is 2.99. The van der Waals surface area contributed by atoms with Crippen molar-refractivity contribution >= 4 is 26.4 Å². The topological polar surface area (TPSA) is 43.1 Å². The largest absolute Gasteiger partial charge is 0.320 e. The van der Waals surface area contributed by atoms with Crippen molar-refractivity contribution in [3.05, 3.63) is 0 Å². The molecule has 0 amide bonds. The van der Waals surface area contributed by atoms with E-state index in [4.69, 9.17) is 12.2 Å². The highest BCUT2D eigenvalue weighted by Crippen LogP contribution is 1.94. The standard InChI is InChI=1S/C5H6INO/c1-2-3-4(7)5(6)8/h1,4H,3,7H2/t4-/m0/s1. The molecule has 0 aromatic rings. The van der Waals surface area contributed by atoms with Gasteiger partial charge in [0, 0.05) is 29.0 Å². The minimum absolute atomic E-state index is 0.0828. The average Bonchev–Trinajstić information content (AvgIpc) is 1.67. The predicted molar refractivity (Wildman–Crippen MR) is 40.5 cm³/mol. The van der Waals surface area contributed by atoms with Crippen LogP contribution in [-0.2, 0) is 4.79 Å². The molecule has 0 saturated carbocycles. The smallest absolute Gasteiger partial charge is 0.209 e. The van der Waals surface area contributed by atoms with Crippen molar-refractivity contribution in [3.63, 3.8) is 0 Å². The summed E-state index contributed by atoms with van der Waals surface area (Å²) >= 11 is 1.63. The molecule has 0 aliphatic heterocycles. The van der Waals surface area contributed by atoms with Gasteiger partial charge in [-0.25, -0.2) is 0 Å². The molecule has 0 unspecified atom stereocenters. The molecule has 2 nitrogen and oxygen atoms in total. The van der Waals surface area contributed by atoms with Crippen LogP contribution in [0.15, 0.2) is 0 Å². The molecule has 0 bridgehead atoms. The Bertz CT molecular complexity index is 127. The number of rotatable bonds is 2. The zero-order valence-corrected chi connectivity index (χ0v) is 6.38. The number of hydrogen-bond acceptors (Lipinski definition) is 2. The lowest BCUT2D eigenvalue weighted by Gasteiger charge is -1.96. The quantitative estimate of drug-likeness (QED) is 0.415. The van der Waals surface area contributed by atoms with Crippen molar-refractivity contribution in [2.45, 2.75) is 12.5 Å². The number of terminal acetylenes is 1. The fourth-order valence-electron chi connectivity index (χ4n) is 0.207. The first kappa shape index (κ1) is 7.92. The first-order chi connectivity index (χ1) is 3.68. The van der Waals surface area contributed by atoms with Gasteiger partial charge in [0.05, 0.1) is 6.04 Å². The summed E-state index contributed by atoms with van der Waals surface area (Å²) in [5.74, 6) is 2.30. The van der Waals surface area contributed by atoms with E-state index < -0.39 is 6.04 Å². The summed E-state index contributed by atoms with van der Waals surface area (Å²) in [5.41, 5.74) is 5.23. The molecule has 8 heavy (non-hydrogen) atoms. The fraction of sp³-hybridized carbons (Fsp3) is 0.400. The lowest BCUT2D eigenvalue weighted by molar-refractivity contribution is -0.110. The predicted octanol–water partition coefficient (Wildman–Crippen LogP) is 0.299. The maximum atomic E-state index is 10.3. The Labute approximate surface area is 62.0 Å². The molecule has 0 aromatic carbocycles. The van der Waals surface area contributed by atoms with Gasteiger partial charge in [-0.3, -0.25) is 4.79 Å². The highest BCUT2D eigenvalue weighted by atomic mass is 127. The minimum Gasteiger partial charge on any atom is -0.320 e. The summed E-state index contributed by atoms with van der Waals surface area (Å²) < 4.78 is -0.0828. The highest BCUT2D eigenvalue weighted by molar-refractivity contribution is 14.1. The van der Waals surface area contributed by atoms with E-state index in [2.05, 4.69) is 5.92 Å². The number of hydrogen-bond donors (Lipinski definition) is 1. The van der Waals surface area contributed by atoms with Crippen molar-refractivity contribution in [3.8, 4) is 12.3 Å². The van der Waals surface area contributed by atoms with Gasteiger partial charge in [-0.05, 0) is 0 Å². The van der Waals surface area contributed by atoms with Crippen LogP contribution in [0.25, 0.3) is 0 Å². The first-order valence-electron chi connectivity index (χ1n) is 2.07. The third-order valence-electron chi connectivity index (χ3n) is 0.629. The van der Waals surface area contributed by atoms with E-state index in [1.165, 1.54) is 0 Å². The van der Waals surface area contributed by atoms with E-state index in [0.717, 1.165) is 0 Å². The SMILES string of the molecule is C#CC[C@H](N)C(=O)I. The van der Waals surface area contributed by atoms with E-state index in [-0.39, 0.29) is 3.79 Å². The second-order valence-corrected chi connectivity index (χ2v) is 2.38. The van der Waals surface area contributed by atoms with Gasteiger partial charge >= 0.3 is 0 Å². The van der Waals surface area contributed by atoms with E-state index in [9.17, 15) is 4.79 Å². The number of nitrogens with two attached hydrogens (primary N) is 1. The van der Waals surface area contributed by atoms with Crippen LogP contribution in [0.4, 0.5) is 0 Å². The molecule has 0 heterocycles. The fourth-order valence-corrected chi connectivity index (χ4v) is 0.427. The summed E-state index contributed by atoms with van der Waals surface area (Å²) in [6.45, 7) is 0. The van der Waals surface area contributed by atoms with Gasteiger partial charge in [-0.1, -0.05) is 0 Å². The molecule has 0 saturated heterocycles. The van der Waals surface area contributed by atoms with E-state index >= 15 is 0 Å². The third-order valence-corrected chi connectivity index (χ3v) is 1.43. The number of halogens is 1. The Morgan fingerprint density at radius 2 is 2.50 bits per heavy atom.